The van der Waals surface area contributed by atoms with E-state index in [1.165, 1.54) is 0 Å². The normalized spacial score (nSPS) is 13.6. The molecule has 0 aromatic carbocycles. The lowest BCUT2D eigenvalue weighted by molar-refractivity contribution is 0.0679. The summed E-state index contributed by atoms with van der Waals surface area (Å²) in [6.07, 6.45) is 0.224. The van der Waals surface area contributed by atoms with Gasteiger partial charge in [-0.2, -0.15) is 0 Å². The largest absolute Gasteiger partial charge is 0.387 e. The second-order valence-corrected chi connectivity index (χ2v) is 2.74. The van der Waals surface area contributed by atoms with Gasteiger partial charge in [0.2, 0.25) is 0 Å². The molecule has 10 heavy (non-hydrogen) atoms. The average Bonchev–Trinajstić information content (AvgIpc) is 1.82. The van der Waals surface area contributed by atoms with E-state index in [-0.39, 0.29) is 17.9 Å². The van der Waals surface area contributed by atoms with Crippen molar-refractivity contribution in [3.63, 3.8) is 0 Å². The van der Waals surface area contributed by atoms with Crippen LogP contribution in [-0.4, -0.2) is 18.5 Å². The van der Waals surface area contributed by atoms with Crippen molar-refractivity contribution in [2.24, 2.45) is 11.7 Å². The van der Waals surface area contributed by atoms with E-state index in [4.69, 9.17) is 15.9 Å². The summed E-state index contributed by atoms with van der Waals surface area (Å²) in [5.41, 5.74) is 5.23. The van der Waals surface area contributed by atoms with Crippen LogP contribution in [-0.2, 0) is 4.74 Å². The summed E-state index contributed by atoms with van der Waals surface area (Å²) in [5.74, 6) is 0.239. The van der Waals surface area contributed by atoms with Crippen molar-refractivity contribution in [3.8, 4) is 0 Å². The van der Waals surface area contributed by atoms with E-state index in [2.05, 4.69) is 0 Å². The van der Waals surface area contributed by atoms with Gasteiger partial charge in [0.15, 0.2) is 0 Å². The molecule has 0 aliphatic heterocycles. The number of hydrogen-bond donors (Lipinski definition) is 2. The highest BCUT2D eigenvalue weighted by Crippen LogP contribution is 1.97. The number of ether oxygens (including phenoxy) is 1. The van der Waals surface area contributed by atoms with Crippen LogP contribution >= 0.6 is 0 Å². The summed E-state index contributed by atoms with van der Waals surface area (Å²) in [6, 6.07) is 0. The topological polar surface area (TPSA) is 59.1 Å². The minimum absolute atomic E-state index is 0.0439. The summed E-state index contributed by atoms with van der Waals surface area (Å²) in [4.78, 5) is 0. The van der Waals surface area contributed by atoms with Crippen LogP contribution in [0.2, 0.25) is 0 Å². The quantitative estimate of drug-likeness (QED) is 0.456. The lowest BCUT2D eigenvalue weighted by Gasteiger charge is -2.12. The molecule has 0 aromatic heterocycles. The van der Waals surface area contributed by atoms with Crippen molar-refractivity contribution in [1.82, 2.24) is 0 Å². The predicted molar refractivity (Wildman–Crippen MR) is 42.2 cm³/mol. The van der Waals surface area contributed by atoms with Crippen LogP contribution in [0, 0.1) is 11.3 Å². The molecule has 3 heteroatoms. The number of hydrogen-bond acceptors (Lipinski definition) is 2. The number of nitrogens with two attached hydrogens (primary N) is 1. The smallest absolute Gasteiger partial charge is 0.0957 e. The van der Waals surface area contributed by atoms with Crippen molar-refractivity contribution < 1.29 is 4.74 Å². The highest BCUT2D eigenvalue weighted by atomic mass is 16.5. The van der Waals surface area contributed by atoms with Gasteiger partial charge in [0.05, 0.1) is 18.5 Å². The Kier molecular flexibility index (Phi) is 4.03. The molecule has 0 radical (unpaired) electrons. The first-order valence-electron chi connectivity index (χ1n) is 3.49. The van der Waals surface area contributed by atoms with Crippen LogP contribution < -0.4 is 5.73 Å². The maximum atomic E-state index is 7.04. The summed E-state index contributed by atoms with van der Waals surface area (Å²) in [7, 11) is 0. The summed E-state index contributed by atoms with van der Waals surface area (Å²) >= 11 is 0. The lowest BCUT2D eigenvalue weighted by Crippen LogP contribution is -2.25. The van der Waals surface area contributed by atoms with Gasteiger partial charge in [0.1, 0.15) is 0 Å². The van der Waals surface area contributed by atoms with Crippen LogP contribution in [0.5, 0.6) is 0 Å². The third kappa shape index (κ3) is 4.32. The minimum atomic E-state index is 0.0439. The Morgan fingerprint density at radius 2 is 2.00 bits per heavy atom. The average molecular weight is 144 g/mol. The molecule has 1 atom stereocenters. The first kappa shape index (κ1) is 9.43. The minimum Gasteiger partial charge on any atom is -0.387 e. The van der Waals surface area contributed by atoms with E-state index in [9.17, 15) is 0 Å². The van der Waals surface area contributed by atoms with E-state index in [1.807, 2.05) is 20.8 Å². The van der Waals surface area contributed by atoms with Crippen molar-refractivity contribution in [2.75, 3.05) is 6.61 Å². The Morgan fingerprint density at radius 1 is 1.50 bits per heavy atom. The van der Waals surface area contributed by atoms with Crippen LogP contribution in [0.3, 0.4) is 0 Å². The van der Waals surface area contributed by atoms with Gasteiger partial charge >= 0.3 is 0 Å². The Balaban J connectivity index is 3.40. The Bertz CT molecular complexity index is 112. The number of nitrogens with one attached hydrogen (secondary N) is 1. The van der Waals surface area contributed by atoms with Gasteiger partial charge in [0, 0.05) is 5.92 Å². The zero-order valence-corrected chi connectivity index (χ0v) is 6.85. The van der Waals surface area contributed by atoms with Crippen molar-refractivity contribution >= 4 is 5.84 Å². The van der Waals surface area contributed by atoms with Crippen molar-refractivity contribution in [3.05, 3.63) is 0 Å². The SMILES string of the molecule is CC(C)OCC(C)C(=N)N. The molecule has 0 bridgehead atoms. The van der Waals surface area contributed by atoms with Crippen LogP contribution in [0.1, 0.15) is 20.8 Å². The molecule has 3 nitrogen and oxygen atoms in total. The highest BCUT2D eigenvalue weighted by molar-refractivity contribution is 5.79. The Hall–Kier alpha value is -0.570. The van der Waals surface area contributed by atoms with Gasteiger partial charge in [0.25, 0.3) is 0 Å². The second-order valence-electron chi connectivity index (χ2n) is 2.74. The molecule has 0 heterocycles. The van der Waals surface area contributed by atoms with Crippen LogP contribution in [0.4, 0.5) is 0 Å². The molecule has 0 fully saturated rings. The molecule has 1 unspecified atom stereocenters. The van der Waals surface area contributed by atoms with Gasteiger partial charge < -0.3 is 10.5 Å². The van der Waals surface area contributed by atoms with Crippen LogP contribution in [0.25, 0.3) is 0 Å². The molecule has 0 rings (SSSR count). The van der Waals surface area contributed by atoms with Crippen molar-refractivity contribution in [2.45, 2.75) is 26.9 Å². The first-order valence-corrected chi connectivity index (χ1v) is 3.49. The maximum Gasteiger partial charge on any atom is 0.0957 e. The highest BCUT2D eigenvalue weighted by Gasteiger charge is 2.05. The molecule has 0 saturated heterocycles. The summed E-state index contributed by atoms with van der Waals surface area (Å²) in [6.45, 7) is 6.36. The zero-order valence-electron chi connectivity index (χ0n) is 6.85. The van der Waals surface area contributed by atoms with E-state index in [0.717, 1.165) is 0 Å². The van der Waals surface area contributed by atoms with Gasteiger partial charge in [-0.3, -0.25) is 5.41 Å². The fourth-order valence-electron chi connectivity index (χ4n) is 0.427. The predicted octanol–water partition coefficient (Wildman–Crippen LogP) is 0.983. The lowest BCUT2D eigenvalue weighted by atomic mass is 10.2. The molecule has 0 amide bonds. The van der Waals surface area contributed by atoms with E-state index in [0.29, 0.717) is 6.61 Å². The molecule has 0 aliphatic carbocycles. The fourth-order valence-corrected chi connectivity index (χ4v) is 0.427. The summed E-state index contributed by atoms with van der Waals surface area (Å²) < 4.78 is 5.24. The van der Waals surface area contributed by atoms with E-state index < -0.39 is 0 Å². The second kappa shape index (κ2) is 4.28. The summed E-state index contributed by atoms with van der Waals surface area (Å²) in [5, 5.41) is 7.04. The molecule has 0 saturated carbocycles. The maximum absolute atomic E-state index is 7.04. The molecule has 60 valence electrons. The fraction of sp³-hybridized carbons (Fsp3) is 0.857. The number of amidine groups is 1. The monoisotopic (exact) mass is 144 g/mol. The molecule has 3 N–H and O–H groups in total. The molecule has 0 aromatic rings. The third-order valence-corrected chi connectivity index (χ3v) is 1.21. The van der Waals surface area contributed by atoms with E-state index >= 15 is 0 Å². The van der Waals surface area contributed by atoms with Gasteiger partial charge in [-0.05, 0) is 13.8 Å². The van der Waals surface area contributed by atoms with E-state index in [1.54, 1.807) is 0 Å². The Labute approximate surface area is 62.1 Å². The third-order valence-electron chi connectivity index (χ3n) is 1.21. The zero-order chi connectivity index (χ0) is 8.15. The molecular formula is C7H16N2O. The molecule has 0 spiro atoms. The number of rotatable bonds is 4. The standard InChI is InChI=1S/C7H16N2O/c1-5(2)10-4-6(3)7(8)9/h5-6H,4H2,1-3H3,(H3,8,9). The van der Waals surface area contributed by atoms with Gasteiger partial charge in [-0.15, -0.1) is 0 Å². The molecular weight excluding hydrogens is 128 g/mol. The first-order chi connectivity index (χ1) is 4.54. The van der Waals surface area contributed by atoms with Crippen molar-refractivity contribution in [1.29, 1.82) is 5.41 Å². The Morgan fingerprint density at radius 3 is 2.30 bits per heavy atom. The van der Waals surface area contributed by atoms with Gasteiger partial charge in [-0.1, -0.05) is 6.92 Å². The molecule has 0 aliphatic rings. The van der Waals surface area contributed by atoms with Gasteiger partial charge in [-0.25, -0.2) is 0 Å². The van der Waals surface area contributed by atoms with Crippen LogP contribution in [0.15, 0.2) is 0 Å².